The standard InChI is InChI=1S/C24H27F4N5O3/c1-13-18-11-17(35-24(26,27)28)12-19(25)21(18)31-22(20(13)23-29-14(2)32-36-23)33-7-3-15(4-8-33)30-16-5-9-34-10-6-16/h11-12,15-16,30H,3-10H2,1-2H3. The third-order valence-corrected chi connectivity index (χ3v) is 6.72. The maximum absolute atomic E-state index is 15.0. The Bertz CT molecular complexity index is 1230. The molecule has 3 aromatic rings. The fourth-order valence-corrected chi connectivity index (χ4v) is 4.97. The lowest BCUT2D eigenvalue weighted by molar-refractivity contribution is -0.274. The minimum Gasteiger partial charge on any atom is -0.406 e. The fourth-order valence-electron chi connectivity index (χ4n) is 4.97. The Labute approximate surface area is 205 Å². The van der Waals surface area contributed by atoms with Gasteiger partial charge in [-0.2, -0.15) is 4.98 Å². The summed E-state index contributed by atoms with van der Waals surface area (Å²) in [6, 6.07) is 2.62. The molecule has 2 aromatic heterocycles. The number of hydrogen-bond donors (Lipinski definition) is 1. The molecular weight excluding hydrogens is 482 g/mol. The van der Waals surface area contributed by atoms with Crippen molar-refractivity contribution in [2.75, 3.05) is 31.2 Å². The summed E-state index contributed by atoms with van der Waals surface area (Å²) in [6.45, 7) is 6.21. The van der Waals surface area contributed by atoms with Crippen LogP contribution in [-0.2, 0) is 4.74 Å². The van der Waals surface area contributed by atoms with Crippen molar-refractivity contribution >= 4 is 16.7 Å². The number of fused-ring (bicyclic) bond motifs is 1. The van der Waals surface area contributed by atoms with E-state index < -0.39 is 17.9 Å². The number of benzene rings is 1. The van der Waals surface area contributed by atoms with Gasteiger partial charge in [-0.1, -0.05) is 5.16 Å². The molecule has 0 bridgehead atoms. The summed E-state index contributed by atoms with van der Waals surface area (Å²) in [7, 11) is 0. The number of pyridine rings is 1. The normalized spacial score (nSPS) is 18.2. The van der Waals surface area contributed by atoms with Gasteiger partial charge >= 0.3 is 6.36 Å². The van der Waals surface area contributed by atoms with E-state index in [1.807, 2.05) is 4.90 Å². The predicted molar refractivity (Wildman–Crippen MR) is 123 cm³/mol. The largest absolute Gasteiger partial charge is 0.573 e. The number of piperidine rings is 1. The van der Waals surface area contributed by atoms with Gasteiger partial charge in [0, 0.05) is 49.8 Å². The van der Waals surface area contributed by atoms with E-state index in [1.54, 1.807) is 13.8 Å². The van der Waals surface area contributed by atoms with Gasteiger partial charge < -0.3 is 24.2 Å². The number of rotatable bonds is 5. The second kappa shape index (κ2) is 9.81. The van der Waals surface area contributed by atoms with Gasteiger partial charge in [-0.05, 0) is 51.2 Å². The Kier molecular flexibility index (Phi) is 6.73. The van der Waals surface area contributed by atoms with Crippen molar-refractivity contribution in [2.45, 2.75) is 58.0 Å². The molecule has 4 heterocycles. The van der Waals surface area contributed by atoms with Crippen molar-refractivity contribution < 1.29 is 31.6 Å². The molecule has 0 unspecified atom stereocenters. The Morgan fingerprint density at radius 3 is 2.36 bits per heavy atom. The zero-order valence-corrected chi connectivity index (χ0v) is 20.0. The highest BCUT2D eigenvalue weighted by atomic mass is 19.4. The zero-order valence-electron chi connectivity index (χ0n) is 20.0. The quantitative estimate of drug-likeness (QED) is 0.497. The van der Waals surface area contributed by atoms with Crippen molar-refractivity contribution in [1.82, 2.24) is 20.4 Å². The van der Waals surface area contributed by atoms with E-state index in [0.717, 1.165) is 45.0 Å². The minimum absolute atomic E-state index is 0.0422. The molecule has 1 N–H and O–H groups in total. The lowest BCUT2D eigenvalue weighted by Crippen LogP contribution is -2.48. The molecule has 2 fully saturated rings. The second-order valence-electron chi connectivity index (χ2n) is 9.25. The van der Waals surface area contributed by atoms with Gasteiger partial charge in [-0.3, -0.25) is 0 Å². The summed E-state index contributed by atoms with van der Waals surface area (Å²) in [5.74, 6) is -0.510. The summed E-state index contributed by atoms with van der Waals surface area (Å²) in [6.07, 6.45) is -1.24. The van der Waals surface area contributed by atoms with Gasteiger partial charge in [0.25, 0.3) is 5.89 Å². The highest BCUT2D eigenvalue weighted by Crippen LogP contribution is 2.39. The molecule has 0 saturated carbocycles. The molecule has 0 amide bonds. The number of alkyl halides is 3. The van der Waals surface area contributed by atoms with Crippen LogP contribution in [0.25, 0.3) is 22.4 Å². The number of nitrogens with one attached hydrogen (secondary N) is 1. The summed E-state index contributed by atoms with van der Waals surface area (Å²) in [5, 5.41) is 7.76. The summed E-state index contributed by atoms with van der Waals surface area (Å²) in [5.41, 5.74) is 0.912. The molecule has 12 heteroatoms. The molecule has 2 aliphatic rings. The Morgan fingerprint density at radius 2 is 1.72 bits per heavy atom. The van der Waals surface area contributed by atoms with Gasteiger partial charge in [0.2, 0.25) is 0 Å². The van der Waals surface area contributed by atoms with Crippen LogP contribution in [0.2, 0.25) is 0 Å². The molecule has 8 nitrogen and oxygen atoms in total. The first-order valence-electron chi connectivity index (χ1n) is 12.0. The highest BCUT2D eigenvalue weighted by molar-refractivity contribution is 5.93. The van der Waals surface area contributed by atoms with E-state index in [9.17, 15) is 13.2 Å². The Hall–Kier alpha value is -2.99. The number of aryl methyl sites for hydroxylation is 2. The first-order valence-corrected chi connectivity index (χ1v) is 12.0. The molecule has 1 aromatic carbocycles. The van der Waals surface area contributed by atoms with Crippen LogP contribution in [0.1, 0.15) is 37.1 Å². The summed E-state index contributed by atoms with van der Waals surface area (Å²) < 4.78 is 68.2. The van der Waals surface area contributed by atoms with Crippen LogP contribution < -0.4 is 15.0 Å². The predicted octanol–water partition coefficient (Wildman–Crippen LogP) is 4.68. The van der Waals surface area contributed by atoms with Crippen LogP contribution in [0.4, 0.5) is 23.4 Å². The molecule has 2 saturated heterocycles. The van der Waals surface area contributed by atoms with E-state index in [1.165, 1.54) is 0 Å². The van der Waals surface area contributed by atoms with E-state index in [-0.39, 0.29) is 16.8 Å². The van der Waals surface area contributed by atoms with Crippen molar-refractivity contribution in [1.29, 1.82) is 0 Å². The lowest BCUT2D eigenvalue weighted by atomic mass is 9.99. The number of aromatic nitrogens is 3. The van der Waals surface area contributed by atoms with Crippen LogP contribution in [-0.4, -0.2) is 59.9 Å². The fraction of sp³-hybridized carbons (Fsp3) is 0.542. The number of nitrogens with zero attached hydrogens (tertiary/aromatic N) is 4. The van der Waals surface area contributed by atoms with Crippen LogP contribution in [0.15, 0.2) is 16.7 Å². The van der Waals surface area contributed by atoms with Gasteiger partial charge in [0.1, 0.15) is 17.1 Å². The maximum atomic E-state index is 15.0. The van der Waals surface area contributed by atoms with Gasteiger partial charge in [0.15, 0.2) is 11.6 Å². The third kappa shape index (κ3) is 5.24. The number of anilines is 1. The SMILES string of the molecule is Cc1noc(-c2c(N3CCC(NC4CCOCC4)CC3)nc3c(F)cc(OC(F)(F)F)cc3c2C)n1. The van der Waals surface area contributed by atoms with Gasteiger partial charge in [-0.25, -0.2) is 9.37 Å². The molecule has 0 aliphatic carbocycles. The molecule has 0 radical (unpaired) electrons. The number of hydrogen-bond acceptors (Lipinski definition) is 8. The summed E-state index contributed by atoms with van der Waals surface area (Å²) in [4.78, 5) is 10.9. The summed E-state index contributed by atoms with van der Waals surface area (Å²) >= 11 is 0. The average molecular weight is 510 g/mol. The lowest BCUT2D eigenvalue weighted by Gasteiger charge is -2.37. The van der Waals surface area contributed by atoms with E-state index in [2.05, 4.69) is 25.2 Å². The van der Waals surface area contributed by atoms with Crippen molar-refractivity contribution in [3.8, 4) is 17.2 Å². The maximum Gasteiger partial charge on any atom is 0.573 e. The van der Waals surface area contributed by atoms with Crippen molar-refractivity contribution in [3.63, 3.8) is 0 Å². The van der Waals surface area contributed by atoms with Crippen LogP contribution in [0.3, 0.4) is 0 Å². The van der Waals surface area contributed by atoms with Gasteiger partial charge in [-0.15, -0.1) is 13.2 Å². The molecule has 194 valence electrons. The van der Waals surface area contributed by atoms with Crippen molar-refractivity contribution in [3.05, 3.63) is 29.3 Å². The first kappa shape index (κ1) is 24.7. The first-order chi connectivity index (χ1) is 17.2. The van der Waals surface area contributed by atoms with E-state index in [0.29, 0.717) is 54.0 Å². The molecule has 0 spiro atoms. The Morgan fingerprint density at radius 1 is 1.03 bits per heavy atom. The average Bonchev–Trinajstić information content (AvgIpc) is 3.25. The van der Waals surface area contributed by atoms with E-state index in [4.69, 9.17) is 9.26 Å². The Balaban J connectivity index is 1.49. The molecule has 5 rings (SSSR count). The highest BCUT2D eigenvalue weighted by Gasteiger charge is 2.33. The van der Waals surface area contributed by atoms with Crippen molar-refractivity contribution in [2.24, 2.45) is 0 Å². The monoisotopic (exact) mass is 509 g/mol. The third-order valence-electron chi connectivity index (χ3n) is 6.72. The topological polar surface area (TPSA) is 85.5 Å². The van der Waals surface area contributed by atoms with E-state index >= 15 is 4.39 Å². The minimum atomic E-state index is -4.95. The zero-order chi connectivity index (χ0) is 25.4. The number of halogens is 4. The van der Waals surface area contributed by atoms with Crippen LogP contribution >= 0.6 is 0 Å². The molecule has 36 heavy (non-hydrogen) atoms. The second-order valence-corrected chi connectivity index (χ2v) is 9.25. The molecule has 0 atom stereocenters. The smallest absolute Gasteiger partial charge is 0.406 e. The number of ether oxygens (including phenoxy) is 2. The van der Waals surface area contributed by atoms with Crippen LogP contribution in [0.5, 0.6) is 5.75 Å². The molecule has 2 aliphatic heterocycles. The molecular formula is C24H27F4N5O3. The van der Waals surface area contributed by atoms with Crippen LogP contribution in [0, 0.1) is 19.7 Å². The van der Waals surface area contributed by atoms with Gasteiger partial charge in [0.05, 0.1) is 5.56 Å².